The molecule has 1 fully saturated rings. The van der Waals surface area contributed by atoms with Crippen molar-refractivity contribution in [2.24, 2.45) is 17.6 Å². The third-order valence-corrected chi connectivity index (χ3v) is 4.63. The fourth-order valence-electron chi connectivity index (χ4n) is 2.61. The van der Waals surface area contributed by atoms with Gasteiger partial charge in [0.1, 0.15) is 0 Å². The Balaban J connectivity index is 1.76. The fraction of sp³-hybridized carbons (Fsp3) is 0.615. The van der Waals surface area contributed by atoms with E-state index in [0.29, 0.717) is 24.0 Å². The lowest BCUT2D eigenvalue weighted by atomic mass is 9.97. The molecule has 0 bridgehead atoms. The van der Waals surface area contributed by atoms with Crippen LogP contribution in [0.25, 0.3) is 0 Å². The molecular formula is C13H20N2O2S. The molecule has 1 heterocycles. The predicted octanol–water partition coefficient (Wildman–Crippen LogP) is 1.35. The molecule has 5 heteroatoms. The van der Waals surface area contributed by atoms with Crippen molar-refractivity contribution < 1.29 is 9.90 Å². The smallest absolute Gasteiger partial charge is 0.249 e. The summed E-state index contributed by atoms with van der Waals surface area (Å²) in [7, 11) is 0. The molecule has 1 aliphatic rings. The quantitative estimate of drug-likeness (QED) is 0.729. The Bertz CT molecular complexity index is 405. The van der Waals surface area contributed by atoms with E-state index in [1.807, 2.05) is 6.07 Å². The van der Waals surface area contributed by atoms with E-state index in [1.54, 1.807) is 16.7 Å². The standard InChI is InChI=1S/C13H20N2O2S/c14-13(17)11-4-12(18-8-11)6-15-5-9-2-1-3-10(9)7-16/h4,8-10,15-16H,1-3,5-7H2,(H2,14,17). The van der Waals surface area contributed by atoms with Crippen LogP contribution in [0.4, 0.5) is 0 Å². The lowest BCUT2D eigenvalue weighted by Crippen LogP contribution is -2.26. The van der Waals surface area contributed by atoms with Crippen molar-refractivity contribution in [3.8, 4) is 0 Å². The Morgan fingerprint density at radius 1 is 1.50 bits per heavy atom. The van der Waals surface area contributed by atoms with Crippen LogP contribution in [0.5, 0.6) is 0 Å². The summed E-state index contributed by atoms with van der Waals surface area (Å²) in [6.45, 7) is 2.01. The first-order chi connectivity index (χ1) is 8.70. The molecule has 100 valence electrons. The van der Waals surface area contributed by atoms with Gasteiger partial charge in [-0.25, -0.2) is 0 Å². The second kappa shape index (κ2) is 6.31. The summed E-state index contributed by atoms with van der Waals surface area (Å²) in [6.07, 6.45) is 3.57. The Morgan fingerprint density at radius 2 is 2.28 bits per heavy atom. The summed E-state index contributed by atoms with van der Waals surface area (Å²) in [5.74, 6) is 0.682. The second-order valence-electron chi connectivity index (χ2n) is 4.93. The van der Waals surface area contributed by atoms with Gasteiger partial charge in [0, 0.05) is 23.4 Å². The minimum atomic E-state index is -0.367. The summed E-state index contributed by atoms with van der Waals surface area (Å²) in [6, 6.07) is 1.85. The average molecular weight is 268 g/mol. The van der Waals surface area contributed by atoms with Crippen LogP contribution in [0.15, 0.2) is 11.4 Å². The highest BCUT2D eigenvalue weighted by molar-refractivity contribution is 7.10. The minimum Gasteiger partial charge on any atom is -0.396 e. The molecule has 1 aromatic heterocycles. The number of amides is 1. The van der Waals surface area contributed by atoms with E-state index in [1.165, 1.54) is 12.8 Å². The van der Waals surface area contributed by atoms with Crippen LogP contribution in [0, 0.1) is 11.8 Å². The van der Waals surface area contributed by atoms with Gasteiger partial charge in [0.05, 0.1) is 5.56 Å². The number of nitrogens with one attached hydrogen (secondary N) is 1. The van der Waals surface area contributed by atoms with Crippen LogP contribution < -0.4 is 11.1 Å². The number of hydrogen-bond acceptors (Lipinski definition) is 4. The van der Waals surface area contributed by atoms with Crippen molar-refractivity contribution in [1.29, 1.82) is 0 Å². The molecule has 0 saturated heterocycles. The third kappa shape index (κ3) is 3.31. The molecule has 2 rings (SSSR count). The molecule has 4 nitrogen and oxygen atoms in total. The van der Waals surface area contributed by atoms with E-state index in [2.05, 4.69) is 5.32 Å². The lowest BCUT2D eigenvalue weighted by molar-refractivity contribution is 0.100. The molecule has 1 amide bonds. The molecule has 1 aromatic rings. The van der Waals surface area contributed by atoms with Gasteiger partial charge < -0.3 is 16.2 Å². The summed E-state index contributed by atoms with van der Waals surface area (Å²) < 4.78 is 0. The monoisotopic (exact) mass is 268 g/mol. The van der Waals surface area contributed by atoms with Crippen molar-refractivity contribution in [2.75, 3.05) is 13.2 Å². The highest BCUT2D eigenvalue weighted by Gasteiger charge is 2.25. The van der Waals surface area contributed by atoms with Gasteiger partial charge in [-0.05, 0) is 37.3 Å². The molecule has 2 unspecified atom stereocenters. The van der Waals surface area contributed by atoms with Crippen molar-refractivity contribution >= 4 is 17.2 Å². The van der Waals surface area contributed by atoms with Crippen molar-refractivity contribution in [1.82, 2.24) is 5.32 Å². The van der Waals surface area contributed by atoms with Gasteiger partial charge in [-0.3, -0.25) is 4.79 Å². The van der Waals surface area contributed by atoms with Crippen LogP contribution >= 0.6 is 11.3 Å². The van der Waals surface area contributed by atoms with Crippen molar-refractivity contribution in [2.45, 2.75) is 25.8 Å². The van der Waals surface area contributed by atoms with Crippen molar-refractivity contribution in [3.63, 3.8) is 0 Å². The molecular weight excluding hydrogens is 248 g/mol. The first-order valence-electron chi connectivity index (χ1n) is 6.39. The molecule has 1 aliphatic carbocycles. The number of aliphatic hydroxyl groups is 1. The highest BCUT2D eigenvalue weighted by atomic mass is 32.1. The zero-order valence-corrected chi connectivity index (χ0v) is 11.2. The maximum absolute atomic E-state index is 11.0. The molecule has 1 saturated carbocycles. The van der Waals surface area contributed by atoms with Crippen LogP contribution in [-0.2, 0) is 6.54 Å². The van der Waals surface area contributed by atoms with E-state index < -0.39 is 0 Å². The zero-order chi connectivity index (χ0) is 13.0. The molecule has 2 atom stereocenters. The Kier molecular flexibility index (Phi) is 4.74. The lowest BCUT2D eigenvalue weighted by Gasteiger charge is -2.17. The Labute approximate surface area is 111 Å². The van der Waals surface area contributed by atoms with E-state index in [4.69, 9.17) is 5.73 Å². The predicted molar refractivity (Wildman–Crippen MR) is 72.5 cm³/mol. The van der Waals surface area contributed by atoms with E-state index in [9.17, 15) is 9.90 Å². The largest absolute Gasteiger partial charge is 0.396 e. The number of carbonyl (C=O) groups excluding carboxylic acids is 1. The normalized spacial score (nSPS) is 23.4. The van der Waals surface area contributed by atoms with Gasteiger partial charge in [-0.2, -0.15) is 0 Å². The van der Waals surface area contributed by atoms with Crippen LogP contribution in [0.1, 0.15) is 34.5 Å². The molecule has 0 aliphatic heterocycles. The number of carbonyl (C=O) groups is 1. The van der Waals surface area contributed by atoms with E-state index in [-0.39, 0.29) is 5.91 Å². The van der Waals surface area contributed by atoms with E-state index in [0.717, 1.165) is 24.4 Å². The average Bonchev–Trinajstić information content (AvgIpc) is 2.97. The number of hydrogen-bond donors (Lipinski definition) is 3. The topological polar surface area (TPSA) is 75.4 Å². The zero-order valence-electron chi connectivity index (χ0n) is 10.4. The molecule has 18 heavy (non-hydrogen) atoms. The van der Waals surface area contributed by atoms with Gasteiger partial charge in [0.2, 0.25) is 5.91 Å². The first-order valence-corrected chi connectivity index (χ1v) is 7.27. The van der Waals surface area contributed by atoms with Gasteiger partial charge >= 0.3 is 0 Å². The molecule has 0 spiro atoms. The Morgan fingerprint density at radius 3 is 2.94 bits per heavy atom. The van der Waals surface area contributed by atoms with Gasteiger partial charge in [-0.1, -0.05) is 6.42 Å². The second-order valence-corrected chi connectivity index (χ2v) is 5.93. The fourth-order valence-corrected chi connectivity index (χ4v) is 3.45. The third-order valence-electron chi connectivity index (χ3n) is 3.70. The first kappa shape index (κ1) is 13.5. The highest BCUT2D eigenvalue weighted by Crippen LogP contribution is 2.30. The number of primary amides is 1. The minimum absolute atomic E-state index is 0.303. The number of nitrogens with two attached hydrogens (primary N) is 1. The summed E-state index contributed by atoms with van der Waals surface area (Å²) >= 11 is 1.55. The van der Waals surface area contributed by atoms with E-state index >= 15 is 0 Å². The maximum Gasteiger partial charge on any atom is 0.249 e. The molecule has 0 radical (unpaired) electrons. The van der Waals surface area contributed by atoms with Gasteiger partial charge in [0.15, 0.2) is 0 Å². The number of rotatable bonds is 6. The number of aliphatic hydroxyl groups excluding tert-OH is 1. The molecule has 4 N–H and O–H groups in total. The SMILES string of the molecule is NC(=O)c1csc(CNCC2CCCC2CO)c1. The maximum atomic E-state index is 11.0. The van der Waals surface area contributed by atoms with Crippen molar-refractivity contribution in [3.05, 3.63) is 21.9 Å². The number of thiophene rings is 1. The summed E-state index contributed by atoms with van der Waals surface area (Å²) in [5, 5.41) is 14.4. The van der Waals surface area contributed by atoms with Crippen LogP contribution in [0.2, 0.25) is 0 Å². The van der Waals surface area contributed by atoms with Gasteiger partial charge in [0.25, 0.3) is 0 Å². The Hall–Kier alpha value is -0.910. The van der Waals surface area contributed by atoms with Gasteiger partial charge in [-0.15, -0.1) is 11.3 Å². The summed E-state index contributed by atoms with van der Waals surface area (Å²) in [5.41, 5.74) is 5.80. The molecule has 0 aromatic carbocycles. The summed E-state index contributed by atoms with van der Waals surface area (Å²) in [4.78, 5) is 12.1. The van der Waals surface area contributed by atoms with Crippen LogP contribution in [-0.4, -0.2) is 24.2 Å². The van der Waals surface area contributed by atoms with Crippen LogP contribution in [0.3, 0.4) is 0 Å².